The molecule has 0 amide bonds. The second-order valence-electron chi connectivity index (χ2n) is 5.44. The molecule has 1 saturated heterocycles. The van der Waals surface area contributed by atoms with Crippen molar-refractivity contribution in [1.29, 1.82) is 0 Å². The van der Waals surface area contributed by atoms with Gasteiger partial charge < -0.3 is 14.6 Å². The summed E-state index contributed by atoms with van der Waals surface area (Å²) >= 11 is 0. The first-order valence-electron chi connectivity index (χ1n) is 7.16. The van der Waals surface area contributed by atoms with Crippen molar-refractivity contribution >= 4 is 0 Å². The third kappa shape index (κ3) is 4.03. The fraction of sp³-hybridized carbons (Fsp3) is 0.786. The van der Waals surface area contributed by atoms with Crippen LogP contribution in [0.25, 0.3) is 0 Å². The van der Waals surface area contributed by atoms with Crippen LogP contribution in [0.3, 0.4) is 0 Å². The summed E-state index contributed by atoms with van der Waals surface area (Å²) in [5.74, 6) is 1.75. The number of hydrogen-bond donors (Lipinski definition) is 1. The van der Waals surface area contributed by atoms with E-state index >= 15 is 0 Å². The maximum Gasteiger partial charge on any atom is 0.122 e. The van der Waals surface area contributed by atoms with Gasteiger partial charge in [-0.05, 0) is 20.0 Å². The Balaban J connectivity index is 1.87. The minimum atomic E-state index is 0.512. The Morgan fingerprint density at radius 2 is 2.47 bits per heavy atom. The van der Waals surface area contributed by atoms with Crippen LogP contribution in [0.1, 0.15) is 19.2 Å². The van der Waals surface area contributed by atoms with E-state index in [9.17, 15) is 0 Å². The minimum Gasteiger partial charge on any atom is -0.381 e. The second kappa shape index (κ2) is 7.03. The number of rotatable bonds is 7. The van der Waals surface area contributed by atoms with Crippen molar-refractivity contribution in [3.63, 3.8) is 0 Å². The Morgan fingerprint density at radius 1 is 1.63 bits per heavy atom. The van der Waals surface area contributed by atoms with Crippen LogP contribution in [0.5, 0.6) is 0 Å². The number of imidazole rings is 1. The van der Waals surface area contributed by atoms with Crippen molar-refractivity contribution in [1.82, 2.24) is 19.8 Å². The SMILES string of the molecule is CCNC(CN(C)Cc1nccn1C)C1CCOC1. The molecule has 2 heterocycles. The zero-order valence-corrected chi connectivity index (χ0v) is 12.3. The molecule has 108 valence electrons. The molecule has 2 unspecified atom stereocenters. The Labute approximate surface area is 116 Å². The Hall–Kier alpha value is -0.910. The molecule has 1 aromatic rings. The van der Waals surface area contributed by atoms with E-state index in [1.807, 2.05) is 19.4 Å². The van der Waals surface area contributed by atoms with Crippen molar-refractivity contribution in [2.24, 2.45) is 13.0 Å². The third-order valence-electron chi connectivity index (χ3n) is 3.84. The summed E-state index contributed by atoms with van der Waals surface area (Å²) in [6.07, 6.45) is 5.03. The first kappa shape index (κ1) is 14.5. The normalized spacial score (nSPS) is 21.2. The number of hydrogen-bond acceptors (Lipinski definition) is 4. The van der Waals surface area contributed by atoms with E-state index in [0.29, 0.717) is 12.0 Å². The van der Waals surface area contributed by atoms with Gasteiger partial charge in [0.15, 0.2) is 0 Å². The van der Waals surface area contributed by atoms with Gasteiger partial charge in [-0.25, -0.2) is 4.98 Å². The highest BCUT2D eigenvalue weighted by molar-refractivity contribution is 4.91. The molecule has 0 aromatic carbocycles. The highest BCUT2D eigenvalue weighted by atomic mass is 16.5. The van der Waals surface area contributed by atoms with E-state index < -0.39 is 0 Å². The van der Waals surface area contributed by atoms with E-state index in [-0.39, 0.29) is 0 Å². The summed E-state index contributed by atoms with van der Waals surface area (Å²) < 4.78 is 7.60. The van der Waals surface area contributed by atoms with E-state index in [1.165, 1.54) is 6.42 Å². The van der Waals surface area contributed by atoms with Gasteiger partial charge in [0.05, 0.1) is 13.2 Å². The van der Waals surface area contributed by atoms with Crippen LogP contribution >= 0.6 is 0 Å². The van der Waals surface area contributed by atoms with Crippen LogP contribution in [0.4, 0.5) is 0 Å². The molecule has 5 nitrogen and oxygen atoms in total. The predicted molar refractivity (Wildman–Crippen MR) is 75.9 cm³/mol. The van der Waals surface area contributed by atoms with E-state index in [2.05, 4.69) is 33.7 Å². The lowest BCUT2D eigenvalue weighted by molar-refractivity contribution is 0.165. The fourth-order valence-corrected chi connectivity index (χ4v) is 2.70. The lowest BCUT2D eigenvalue weighted by atomic mass is 9.98. The lowest BCUT2D eigenvalue weighted by Gasteiger charge is -2.28. The Morgan fingerprint density at radius 3 is 3.05 bits per heavy atom. The molecule has 0 saturated carbocycles. The van der Waals surface area contributed by atoms with Crippen LogP contribution in [0.15, 0.2) is 12.4 Å². The van der Waals surface area contributed by atoms with Crippen LogP contribution in [0, 0.1) is 5.92 Å². The van der Waals surface area contributed by atoms with Gasteiger partial charge in [-0.3, -0.25) is 4.90 Å². The van der Waals surface area contributed by atoms with Gasteiger partial charge in [0.2, 0.25) is 0 Å². The highest BCUT2D eigenvalue weighted by Crippen LogP contribution is 2.17. The molecule has 0 bridgehead atoms. The van der Waals surface area contributed by atoms with Crippen molar-refractivity contribution in [3.8, 4) is 0 Å². The number of aryl methyl sites for hydroxylation is 1. The van der Waals surface area contributed by atoms with Crippen molar-refractivity contribution in [2.45, 2.75) is 25.9 Å². The molecule has 1 aromatic heterocycles. The van der Waals surface area contributed by atoms with E-state index in [0.717, 1.165) is 38.7 Å². The summed E-state index contributed by atoms with van der Waals surface area (Å²) in [4.78, 5) is 6.72. The average molecular weight is 266 g/mol. The first-order valence-corrected chi connectivity index (χ1v) is 7.16. The Bertz CT molecular complexity index is 373. The van der Waals surface area contributed by atoms with E-state index in [1.54, 1.807) is 0 Å². The van der Waals surface area contributed by atoms with Crippen molar-refractivity contribution < 1.29 is 4.74 Å². The zero-order chi connectivity index (χ0) is 13.7. The smallest absolute Gasteiger partial charge is 0.122 e. The highest BCUT2D eigenvalue weighted by Gasteiger charge is 2.26. The Kier molecular flexibility index (Phi) is 5.36. The van der Waals surface area contributed by atoms with Crippen LogP contribution in [-0.2, 0) is 18.3 Å². The summed E-state index contributed by atoms with van der Waals surface area (Å²) in [7, 11) is 4.21. The minimum absolute atomic E-state index is 0.512. The molecule has 1 aliphatic rings. The van der Waals surface area contributed by atoms with E-state index in [4.69, 9.17) is 4.74 Å². The van der Waals surface area contributed by atoms with Crippen LogP contribution in [-0.4, -0.2) is 53.8 Å². The molecule has 19 heavy (non-hydrogen) atoms. The number of ether oxygens (including phenoxy) is 1. The number of nitrogens with one attached hydrogen (secondary N) is 1. The second-order valence-corrected chi connectivity index (χ2v) is 5.44. The molecule has 2 rings (SSSR count). The first-order chi connectivity index (χ1) is 9.20. The molecule has 1 N–H and O–H groups in total. The van der Waals surface area contributed by atoms with Crippen LogP contribution in [0.2, 0.25) is 0 Å². The van der Waals surface area contributed by atoms with Gasteiger partial charge >= 0.3 is 0 Å². The maximum atomic E-state index is 5.52. The van der Waals surface area contributed by atoms with Gasteiger partial charge in [0.25, 0.3) is 0 Å². The molecule has 5 heteroatoms. The summed E-state index contributed by atoms with van der Waals surface area (Å²) in [5, 5.41) is 3.60. The van der Waals surface area contributed by atoms with Gasteiger partial charge in [0.1, 0.15) is 5.82 Å². The lowest BCUT2D eigenvalue weighted by Crippen LogP contribution is -2.44. The molecular weight excluding hydrogens is 240 g/mol. The predicted octanol–water partition coefficient (Wildman–Crippen LogP) is 0.866. The quantitative estimate of drug-likeness (QED) is 0.795. The number of likely N-dealkylation sites (N-methyl/N-ethyl adjacent to an activating group) is 2. The van der Waals surface area contributed by atoms with Gasteiger partial charge in [0, 0.05) is 44.6 Å². The van der Waals surface area contributed by atoms with Crippen molar-refractivity contribution in [2.75, 3.05) is 33.4 Å². The fourth-order valence-electron chi connectivity index (χ4n) is 2.70. The summed E-state index contributed by atoms with van der Waals surface area (Å²) in [6.45, 7) is 6.91. The molecule has 0 radical (unpaired) electrons. The largest absolute Gasteiger partial charge is 0.381 e. The molecule has 1 aliphatic heterocycles. The van der Waals surface area contributed by atoms with Crippen LogP contribution < -0.4 is 5.32 Å². The monoisotopic (exact) mass is 266 g/mol. The standard InChI is InChI=1S/C14H26N4O/c1-4-15-13(12-5-8-19-11-12)9-17(2)10-14-16-6-7-18(14)3/h6-7,12-13,15H,4-5,8-11H2,1-3H3. The summed E-state index contributed by atoms with van der Waals surface area (Å²) in [5.41, 5.74) is 0. The molecule has 1 fully saturated rings. The number of aromatic nitrogens is 2. The molecule has 0 spiro atoms. The topological polar surface area (TPSA) is 42.3 Å². The van der Waals surface area contributed by atoms with Gasteiger partial charge in [-0.15, -0.1) is 0 Å². The molecule has 0 aliphatic carbocycles. The summed E-state index contributed by atoms with van der Waals surface area (Å²) in [6, 6.07) is 0.512. The third-order valence-corrected chi connectivity index (χ3v) is 3.84. The zero-order valence-electron chi connectivity index (χ0n) is 12.3. The van der Waals surface area contributed by atoms with Crippen molar-refractivity contribution in [3.05, 3.63) is 18.2 Å². The van der Waals surface area contributed by atoms with Gasteiger partial charge in [-0.2, -0.15) is 0 Å². The maximum absolute atomic E-state index is 5.52. The van der Waals surface area contributed by atoms with Gasteiger partial charge in [-0.1, -0.05) is 6.92 Å². The molecule has 2 atom stereocenters. The average Bonchev–Trinajstić information content (AvgIpc) is 3.01. The number of nitrogens with zero attached hydrogens (tertiary/aromatic N) is 3. The molecular formula is C14H26N4O.